The zero-order valence-corrected chi connectivity index (χ0v) is 10.8. The lowest BCUT2D eigenvalue weighted by Gasteiger charge is -2.10. The monoisotopic (exact) mass is 287 g/mol. The number of halogens is 3. The SMILES string of the molecule is CCc1cc(C(F)(F)F)c2c(C)nn(CC(=O)O)c2n1. The summed E-state index contributed by atoms with van der Waals surface area (Å²) in [6.07, 6.45) is -4.22. The second-order valence-electron chi connectivity index (χ2n) is 4.35. The molecule has 0 bridgehead atoms. The molecule has 0 aromatic carbocycles. The Balaban J connectivity index is 2.80. The number of carbonyl (C=O) groups is 1. The number of alkyl halides is 3. The number of fused-ring (bicyclic) bond motifs is 1. The molecular formula is C12H12F3N3O2. The van der Waals surface area contributed by atoms with Crippen molar-refractivity contribution < 1.29 is 23.1 Å². The van der Waals surface area contributed by atoms with E-state index in [1.54, 1.807) is 6.92 Å². The van der Waals surface area contributed by atoms with Gasteiger partial charge in [0, 0.05) is 5.69 Å². The fraction of sp³-hybridized carbons (Fsp3) is 0.417. The summed E-state index contributed by atoms with van der Waals surface area (Å²) in [6, 6.07) is 0.988. The van der Waals surface area contributed by atoms with Crippen LogP contribution in [0.1, 0.15) is 23.9 Å². The van der Waals surface area contributed by atoms with Gasteiger partial charge in [-0.15, -0.1) is 0 Å². The maximum atomic E-state index is 13.1. The molecule has 2 heterocycles. The van der Waals surface area contributed by atoms with Gasteiger partial charge in [-0.2, -0.15) is 18.3 Å². The molecule has 0 spiro atoms. The molecule has 108 valence electrons. The highest BCUT2D eigenvalue weighted by molar-refractivity contribution is 5.84. The van der Waals surface area contributed by atoms with Crippen molar-refractivity contribution in [1.82, 2.24) is 14.8 Å². The average molecular weight is 287 g/mol. The summed E-state index contributed by atoms with van der Waals surface area (Å²) < 4.78 is 40.3. The highest BCUT2D eigenvalue weighted by atomic mass is 19.4. The molecule has 0 saturated carbocycles. The first-order valence-corrected chi connectivity index (χ1v) is 5.90. The third-order valence-corrected chi connectivity index (χ3v) is 2.88. The van der Waals surface area contributed by atoms with Crippen LogP contribution in [0.4, 0.5) is 13.2 Å². The minimum Gasteiger partial charge on any atom is -0.480 e. The van der Waals surface area contributed by atoms with Crippen molar-refractivity contribution in [2.24, 2.45) is 0 Å². The molecule has 2 aromatic heterocycles. The van der Waals surface area contributed by atoms with Gasteiger partial charge in [0.2, 0.25) is 0 Å². The van der Waals surface area contributed by atoms with Gasteiger partial charge >= 0.3 is 12.1 Å². The Morgan fingerprint density at radius 2 is 2.10 bits per heavy atom. The van der Waals surface area contributed by atoms with Crippen LogP contribution in [0.15, 0.2) is 6.07 Å². The highest BCUT2D eigenvalue weighted by Crippen LogP contribution is 2.36. The van der Waals surface area contributed by atoms with Gasteiger partial charge in [-0.3, -0.25) is 4.79 Å². The summed E-state index contributed by atoms with van der Waals surface area (Å²) in [6.45, 7) is 2.56. The molecule has 2 aromatic rings. The lowest BCUT2D eigenvalue weighted by Crippen LogP contribution is -2.12. The summed E-state index contributed by atoms with van der Waals surface area (Å²) in [4.78, 5) is 14.8. The molecule has 0 saturated heterocycles. The molecule has 0 unspecified atom stereocenters. The van der Waals surface area contributed by atoms with E-state index in [4.69, 9.17) is 5.11 Å². The second-order valence-corrected chi connectivity index (χ2v) is 4.35. The van der Waals surface area contributed by atoms with Gasteiger partial charge in [0.25, 0.3) is 0 Å². The fourth-order valence-electron chi connectivity index (χ4n) is 2.05. The highest BCUT2D eigenvalue weighted by Gasteiger charge is 2.35. The van der Waals surface area contributed by atoms with Crippen molar-refractivity contribution in [2.75, 3.05) is 0 Å². The minimum absolute atomic E-state index is 0.0448. The van der Waals surface area contributed by atoms with E-state index in [1.165, 1.54) is 6.92 Å². The number of aryl methyl sites for hydroxylation is 2. The molecule has 0 amide bonds. The van der Waals surface area contributed by atoms with Crippen LogP contribution in [0.5, 0.6) is 0 Å². The molecule has 5 nitrogen and oxygen atoms in total. The molecule has 0 atom stereocenters. The Bertz CT molecular complexity index is 677. The molecule has 0 aliphatic carbocycles. The number of carboxylic acids is 1. The van der Waals surface area contributed by atoms with Gasteiger partial charge < -0.3 is 5.11 Å². The van der Waals surface area contributed by atoms with E-state index >= 15 is 0 Å². The van der Waals surface area contributed by atoms with Crippen LogP contribution in [0, 0.1) is 6.92 Å². The van der Waals surface area contributed by atoms with Crippen LogP contribution in [0.25, 0.3) is 11.0 Å². The maximum absolute atomic E-state index is 13.1. The van der Waals surface area contributed by atoms with Gasteiger partial charge in [-0.25, -0.2) is 9.67 Å². The van der Waals surface area contributed by atoms with Crippen LogP contribution in [-0.4, -0.2) is 25.8 Å². The summed E-state index contributed by atoms with van der Waals surface area (Å²) in [5.74, 6) is -1.19. The van der Waals surface area contributed by atoms with Crippen molar-refractivity contribution in [3.05, 3.63) is 23.0 Å². The van der Waals surface area contributed by atoms with Crippen molar-refractivity contribution >= 4 is 17.0 Å². The Morgan fingerprint density at radius 1 is 1.45 bits per heavy atom. The van der Waals surface area contributed by atoms with Crippen molar-refractivity contribution in [3.8, 4) is 0 Å². The maximum Gasteiger partial charge on any atom is 0.417 e. The van der Waals surface area contributed by atoms with E-state index in [1.807, 2.05) is 0 Å². The van der Waals surface area contributed by atoms with E-state index in [0.717, 1.165) is 10.7 Å². The smallest absolute Gasteiger partial charge is 0.417 e. The molecule has 0 aliphatic rings. The molecule has 0 aliphatic heterocycles. The van der Waals surface area contributed by atoms with Crippen LogP contribution in [0.2, 0.25) is 0 Å². The largest absolute Gasteiger partial charge is 0.480 e. The summed E-state index contributed by atoms with van der Waals surface area (Å²) in [7, 11) is 0. The fourth-order valence-corrected chi connectivity index (χ4v) is 2.05. The summed E-state index contributed by atoms with van der Waals surface area (Å²) >= 11 is 0. The first kappa shape index (κ1) is 14.3. The summed E-state index contributed by atoms with van der Waals surface area (Å²) in [5, 5.41) is 12.5. The lowest BCUT2D eigenvalue weighted by atomic mass is 10.1. The first-order chi connectivity index (χ1) is 9.24. The standard InChI is InChI=1S/C12H12F3N3O2/c1-3-7-4-8(12(13,14)15)10-6(2)17-18(5-9(19)20)11(10)16-7/h4H,3,5H2,1-2H3,(H,19,20). The molecule has 8 heteroatoms. The predicted octanol–water partition coefficient (Wildman–Crippen LogP) is 2.41. The number of rotatable bonds is 3. The number of pyridine rings is 1. The Hall–Kier alpha value is -2.12. The molecule has 0 fully saturated rings. The van der Waals surface area contributed by atoms with Gasteiger partial charge in [-0.1, -0.05) is 6.92 Å². The van der Waals surface area contributed by atoms with Crippen LogP contribution in [0.3, 0.4) is 0 Å². The quantitative estimate of drug-likeness (QED) is 0.941. The number of carboxylic acid groups (broad SMARTS) is 1. The normalized spacial score (nSPS) is 12.1. The predicted molar refractivity (Wildman–Crippen MR) is 64.3 cm³/mol. The molecule has 2 rings (SSSR count). The zero-order valence-electron chi connectivity index (χ0n) is 10.8. The van der Waals surface area contributed by atoms with Crippen molar-refractivity contribution in [1.29, 1.82) is 0 Å². The van der Waals surface area contributed by atoms with E-state index in [9.17, 15) is 18.0 Å². The lowest BCUT2D eigenvalue weighted by molar-refractivity contribution is -0.138. The molecular weight excluding hydrogens is 275 g/mol. The topological polar surface area (TPSA) is 68.0 Å². The van der Waals surface area contributed by atoms with Crippen LogP contribution < -0.4 is 0 Å². The van der Waals surface area contributed by atoms with Crippen LogP contribution in [-0.2, 0) is 23.9 Å². The van der Waals surface area contributed by atoms with Gasteiger partial charge in [-0.05, 0) is 19.4 Å². The number of nitrogens with zero attached hydrogens (tertiary/aromatic N) is 3. The Morgan fingerprint density at radius 3 is 2.60 bits per heavy atom. The van der Waals surface area contributed by atoms with Crippen molar-refractivity contribution in [3.63, 3.8) is 0 Å². The van der Waals surface area contributed by atoms with E-state index in [2.05, 4.69) is 10.1 Å². The third-order valence-electron chi connectivity index (χ3n) is 2.88. The average Bonchev–Trinajstić information content (AvgIpc) is 2.63. The first-order valence-electron chi connectivity index (χ1n) is 5.90. The molecule has 20 heavy (non-hydrogen) atoms. The number of hydrogen-bond donors (Lipinski definition) is 1. The number of aliphatic carboxylic acids is 1. The van der Waals surface area contributed by atoms with Gasteiger partial charge in [0.15, 0.2) is 5.65 Å². The van der Waals surface area contributed by atoms with E-state index in [-0.39, 0.29) is 22.4 Å². The second kappa shape index (κ2) is 4.77. The molecule has 0 radical (unpaired) electrons. The summed E-state index contributed by atoms with van der Waals surface area (Å²) in [5.41, 5.74) is -0.509. The van der Waals surface area contributed by atoms with Crippen molar-refractivity contribution in [2.45, 2.75) is 33.0 Å². The third kappa shape index (κ3) is 2.45. The number of hydrogen-bond acceptors (Lipinski definition) is 3. The van der Waals surface area contributed by atoms with Gasteiger partial charge in [0.05, 0.1) is 16.6 Å². The Labute approximate surface area is 112 Å². The van der Waals surface area contributed by atoms with E-state index in [0.29, 0.717) is 6.42 Å². The number of aromatic nitrogens is 3. The van der Waals surface area contributed by atoms with Gasteiger partial charge in [0.1, 0.15) is 6.54 Å². The zero-order chi connectivity index (χ0) is 15.1. The molecule has 1 N–H and O–H groups in total. The minimum atomic E-state index is -4.53. The van der Waals surface area contributed by atoms with E-state index < -0.39 is 24.3 Å². The Kier molecular flexibility index (Phi) is 3.41. The van der Waals surface area contributed by atoms with Crippen LogP contribution >= 0.6 is 0 Å².